The number of nitrogens with one attached hydrogen (secondary N) is 1. The van der Waals surface area contributed by atoms with Gasteiger partial charge in [0.15, 0.2) is 6.54 Å². The van der Waals surface area contributed by atoms with Crippen LogP contribution >= 0.6 is 23.2 Å². The quantitative estimate of drug-likeness (QED) is 0.675. The smallest absolute Gasteiger partial charge is 0.251 e. The van der Waals surface area contributed by atoms with Gasteiger partial charge in [0.25, 0.3) is 5.82 Å². The molecule has 3 nitrogen and oxygen atoms in total. The molecule has 0 unspecified atom stereocenters. The molecule has 1 heterocycles. The maximum absolute atomic E-state index is 12.0. The molecule has 0 atom stereocenters. The highest BCUT2D eigenvalue weighted by Gasteiger charge is 2.15. The van der Waals surface area contributed by atoms with Gasteiger partial charge in [-0.3, -0.25) is 4.79 Å². The van der Waals surface area contributed by atoms with Crippen molar-refractivity contribution in [2.24, 2.45) is 0 Å². The highest BCUT2D eigenvalue weighted by atomic mass is 35.5. The first kappa shape index (κ1) is 12.1. The largest absolute Gasteiger partial charge is 0.290 e. The molecular formula is C12H11Cl2N2O+. The molecule has 5 heteroatoms. The summed E-state index contributed by atoms with van der Waals surface area (Å²) in [4.78, 5) is 15.0. The number of nitrogens with zero attached hydrogens (tertiary/aromatic N) is 1. The Bertz CT molecular complexity index is 563. The van der Waals surface area contributed by atoms with Gasteiger partial charge in [0.2, 0.25) is 5.78 Å². The van der Waals surface area contributed by atoms with E-state index < -0.39 is 0 Å². The third kappa shape index (κ3) is 2.68. The number of hydrogen-bond donors (Lipinski definition) is 1. The van der Waals surface area contributed by atoms with E-state index >= 15 is 0 Å². The van der Waals surface area contributed by atoms with E-state index in [1.807, 2.05) is 17.7 Å². The molecule has 2 rings (SSSR count). The molecule has 0 aliphatic rings. The van der Waals surface area contributed by atoms with Gasteiger partial charge >= 0.3 is 0 Å². The fourth-order valence-corrected chi connectivity index (χ4v) is 2.08. The number of aromatic amines is 1. The molecule has 0 saturated heterocycles. The van der Waals surface area contributed by atoms with Gasteiger partial charge < -0.3 is 0 Å². The molecule has 0 spiro atoms. The molecule has 88 valence electrons. The Morgan fingerprint density at radius 3 is 2.76 bits per heavy atom. The minimum atomic E-state index is -0.0423. The van der Waals surface area contributed by atoms with Crippen molar-refractivity contribution in [3.63, 3.8) is 0 Å². The second-order valence-electron chi connectivity index (χ2n) is 3.72. The van der Waals surface area contributed by atoms with Crippen molar-refractivity contribution in [1.29, 1.82) is 0 Å². The maximum atomic E-state index is 12.0. The number of hydrogen-bond acceptors (Lipinski definition) is 1. The fraction of sp³-hybridized carbons (Fsp3) is 0.167. The topological polar surface area (TPSA) is 36.7 Å². The summed E-state index contributed by atoms with van der Waals surface area (Å²) < 4.78 is 1.83. The molecule has 0 saturated carbocycles. The third-order valence-corrected chi connectivity index (χ3v) is 3.07. The van der Waals surface area contributed by atoms with Gasteiger partial charge in [-0.2, -0.15) is 0 Å². The molecule has 1 aromatic carbocycles. The lowest BCUT2D eigenvalue weighted by Crippen LogP contribution is -2.38. The van der Waals surface area contributed by atoms with Crippen LogP contribution in [-0.4, -0.2) is 10.8 Å². The monoisotopic (exact) mass is 269 g/mol. The Morgan fingerprint density at radius 1 is 1.41 bits per heavy atom. The van der Waals surface area contributed by atoms with Crippen molar-refractivity contribution in [3.8, 4) is 0 Å². The van der Waals surface area contributed by atoms with Crippen LogP contribution in [-0.2, 0) is 6.54 Å². The van der Waals surface area contributed by atoms with Gasteiger partial charge in [0.1, 0.15) is 12.4 Å². The molecule has 17 heavy (non-hydrogen) atoms. The molecule has 0 amide bonds. The summed E-state index contributed by atoms with van der Waals surface area (Å²) in [5.74, 6) is 0.878. The Kier molecular flexibility index (Phi) is 3.50. The molecule has 0 aliphatic carbocycles. The lowest BCUT2D eigenvalue weighted by molar-refractivity contribution is -0.687. The second kappa shape index (κ2) is 4.90. The number of H-pyrrole nitrogens is 1. The minimum absolute atomic E-state index is 0.0423. The van der Waals surface area contributed by atoms with E-state index in [2.05, 4.69) is 4.98 Å². The van der Waals surface area contributed by atoms with Crippen LogP contribution < -0.4 is 4.57 Å². The van der Waals surface area contributed by atoms with Crippen molar-refractivity contribution in [2.45, 2.75) is 13.5 Å². The summed E-state index contributed by atoms with van der Waals surface area (Å²) in [5.41, 5.74) is 0.490. The predicted octanol–water partition coefficient (Wildman–Crippen LogP) is 2.80. The Morgan fingerprint density at radius 2 is 2.18 bits per heavy atom. The number of aromatic nitrogens is 2. The number of rotatable bonds is 3. The van der Waals surface area contributed by atoms with Gasteiger partial charge in [-0.1, -0.05) is 23.2 Å². The minimum Gasteiger partial charge on any atom is -0.290 e. The zero-order chi connectivity index (χ0) is 12.4. The lowest BCUT2D eigenvalue weighted by atomic mass is 10.1. The summed E-state index contributed by atoms with van der Waals surface area (Å²) in [6.45, 7) is 2.16. The van der Waals surface area contributed by atoms with Gasteiger partial charge in [0, 0.05) is 17.5 Å². The Hall–Kier alpha value is -1.32. The normalized spacial score (nSPS) is 10.5. The average Bonchev–Trinajstić information content (AvgIpc) is 2.64. The van der Waals surface area contributed by atoms with E-state index in [1.165, 1.54) is 0 Å². The zero-order valence-corrected chi connectivity index (χ0v) is 10.7. The van der Waals surface area contributed by atoms with Crippen molar-refractivity contribution >= 4 is 29.0 Å². The Balaban J connectivity index is 2.23. The first-order valence-electron chi connectivity index (χ1n) is 5.09. The van der Waals surface area contributed by atoms with Gasteiger partial charge in [-0.25, -0.2) is 9.55 Å². The second-order valence-corrected chi connectivity index (χ2v) is 4.56. The molecule has 2 aromatic rings. The van der Waals surface area contributed by atoms with Crippen LogP contribution in [0.15, 0.2) is 30.6 Å². The van der Waals surface area contributed by atoms with Crippen LogP contribution in [0.25, 0.3) is 0 Å². The van der Waals surface area contributed by atoms with E-state index in [-0.39, 0.29) is 12.3 Å². The molecule has 0 aliphatic heterocycles. The van der Waals surface area contributed by atoms with Crippen LogP contribution in [0, 0.1) is 6.92 Å². The van der Waals surface area contributed by atoms with Crippen LogP contribution in [0.5, 0.6) is 0 Å². The molecular weight excluding hydrogens is 259 g/mol. The number of benzene rings is 1. The maximum Gasteiger partial charge on any atom is 0.251 e. The first-order valence-corrected chi connectivity index (χ1v) is 5.85. The number of halogens is 2. The summed E-state index contributed by atoms with van der Waals surface area (Å²) in [5, 5.41) is 0.910. The van der Waals surface area contributed by atoms with Crippen molar-refractivity contribution in [1.82, 2.24) is 4.98 Å². The number of carbonyl (C=O) groups excluding carboxylic acids is 1. The highest BCUT2D eigenvalue weighted by Crippen LogP contribution is 2.21. The number of Topliss-reactive ketones (excluding diaryl/α,β-unsaturated/α-hetero) is 1. The average molecular weight is 270 g/mol. The zero-order valence-electron chi connectivity index (χ0n) is 9.21. The van der Waals surface area contributed by atoms with Crippen molar-refractivity contribution < 1.29 is 9.36 Å². The summed E-state index contributed by atoms with van der Waals surface area (Å²) in [6.07, 6.45) is 3.60. The van der Waals surface area contributed by atoms with E-state index in [1.54, 1.807) is 24.4 Å². The first-order chi connectivity index (χ1) is 8.08. The van der Waals surface area contributed by atoms with Crippen LogP contribution in [0.4, 0.5) is 0 Å². The Labute approximate surface area is 109 Å². The van der Waals surface area contributed by atoms with Crippen LogP contribution in [0.3, 0.4) is 0 Å². The SMILES string of the molecule is Cc1[nH]cc[n+]1CC(=O)c1ccc(Cl)cc1Cl. The molecule has 0 fully saturated rings. The van der Waals surface area contributed by atoms with Crippen molar-refractivity contribution in [2.75, 3.05) is 0 Å². The van der Waals surface area contributed by atoms with E-state index in [9.17, 15) is 4.79 Å². The number of ketones is 1. The number of imidazole rings is 1. The van der Waals surface area contributed by atoms with Gasteiger partial charge in [-0.15, -0.1) is 0 Å². The van der Waals surface area contributed by atoms with Crippen LogP contribution in [0.2, 0.25) is 10.0 Å². The number of carbonyl (C=O) groups is 1. The summed E-state index contributed by atoms with van der Waals surface area (Å²) in [6, 6.07) is 4.88. The van der Waals surface area contributed by atoms with E-state index in [0.29, 0.717) is 15.6 Å². The highest BCUT2D eigenvalue weighted by molar-refractivity contribution is 6.36. The van der Waals surface area contributed by atoms with Gasteiger partial charge in [-0.05, 0) is 18.2 Å². The molecule has 1 aromatic heterocycles. The molecule has 0 radical (unpaired) electrons. The lowest BCUT2D eigenvalue weighted by Gasteiger charge is -2.02. The third-order valence-electron chi connectivity index (χ3n) is 2.52. The fourth-order valence-electron chi connectivity index (χ4n) is 1.57. The standard InChI is InChI=1S/C12H10Cl2N2O/c1-8-15-4-5-16(8)7-12(17)10-3-2-9(13)6-11(10)14/h2-6H,7H2,1H3/p+1. The van der Waals surface area contributed by atoms with E-state index in [4.69, 9.17) is 23.2 Å². The van der Waals surface area contributed by atoms with E-state index in [0.717, 1.165) is 5.82 Å². The summed E-state index contributed by atoms with van der Waals surface area (Å²) in [7, 11) is 0. The predicted molar refractivity (Wildman–Crippen MR) is 66.5 cm³/mol. The van der Waals surface area contributed by atoms with Crippen molar-refractivity contribution in [3.05, 3.63) is 52.0 Å². The van der Waals surface area contributed by atoms with Gasteiger partial charge in [0.05, 0.1) is 5.02 Å². The van der Waals surface area contributed by atoms with Crippen LogP contribution in [0.1, 0.15) is 16.2 Å². The molecule has 0 bridgehead atoms. The summed E-state index contributed by atoms with van der Waals surface area (Å²) >= 11 is 11.8. The number of aryl methyl sites for hydroxylation is 1. The molecule has 1 N–H and O–H groups in total.